The van der Waals surface area contributed by atoms with Crippen LogP contribution in [-0.2, 0) is 0 Å². The highest BCUT2D eigenvalue weighted by atomic mass is 16.5. The van der Waals surface area contributed by atoms with E-state index < -0.39 is 12.0 Å². The van der Waals surface area contributed by atoms with E-state index in [4.69, 9.17) is 37.6 Å². The zero-order valence-corrected chi connectivity index (χ0v) is 26.2. The Morgan fingerprint density at radius 2 is 1.22 bits per heavy atom. The normalized spacial score (nSPS) is 15.5. The minimum atomic E-state index is -1.05. The van der Waals surface area contributed by atoms with Crippen molar-refractivity contribution >= 4 is 16.8 Å². The zero-order chi connectivity index (χ0) is 32.5. The maximum absolute atomic E-state index is 14.8. The summed E-state index contributed by atoms with van der Waals surface area (Å²) in [6.45, 7) is 0. The summed E-state index contributed by atoms with van der Waals surface area (Å²) in [6, 6.07) is 20.6. The molecule has 0 fully saturated rings. The van der Waals surface area contributed by atoms with Crippen molar-refractivity contribution in [3.63, 3.8) is 0 Å². The lowest BCUT2D eigenvalue weighted by molar-refractivity contribution is 0.0772. The zero-order valence-electron chi connectivity index (χ0n) is 26.2. The van der Waals surface area contributed by atoms with Gasteiger partial charge in [0.15, 0.2) is 11.2 Å². The molecule has 10 heteroatoms. The molecule has 0 saturated carbocycles. The van der Waals surface area contributed by atoms with Crippen LogP contribution < -0.4 is 38.6 Å². The summed E-state index contributed by atoms with van der Waals surface area (Å²) in [5.41, 5.74) is 1.61. The molecule has 10 nitrogen and oxygen atoms in total. The van der Waals surface area contributed by atoms with Gasteiger partial charge in [-0.1, -0.05) is 12.1 Å². The van der Waals surface area contributed by atoms with Crippen LogP contribution in [0.1, 0.15) is 33.5 Å². The third-order valence-electron chi connectivity index (χ3n) is 8.12. The molecule has 46 heavy (non-hydrogen) atoms. The Morgan fingerprint density at radius 3 is 1.80 bits per heavy atom. The first-order valence-corrected chi connectivity index (χ1v) is 14.3. The number of Topliss-reactive ketones (excluding diaryl/α,β-unsaturated/α-hetero) is 1. The minimum absolute atomic E-state index is 0.130. The van der Waals surface area contributed by atoms with Crippen LogP contribution >= 0.6 is 0 Å². The quantitative estimate of drug-likeness (QED) is 0.178. The number of ether oxygens (including phenoxy) is 7. The van der Waals surface area contributed by atoms with Crippen LogP contribution in [0.3, 0.4) is 0 Å². The number of benzene rings is 4. The van der Waals surface area contributed by atoms with Crippen LogP contribution in [0.25, 0.3) is 22.3 Å². The Balaban J connectivity index is 1.68. The first-order chi connectivity index (χ1) is 22.3. The van der Waals surface area contributed by atoms with Gasteiger partial charge in [-0.3, -0.25) is 9.59 Å². The van der Waals surface area contributed by atoms with Crippen molar-refractivity contribution < 1.29 is 42.4 Å². The van der Waals surface area contributed by atoms with Gasteiger partial charge in [0.2, 0.25) is 0 Å². The summed E-state index contributed by atoms with van der Waals surface area (Å²) in [7, 11) is 9.06. The predicted molar refractivity (Wildman–Crippen MR) is 171 cm³/mol. The second-order valence-electron chi connectivity index (χ2n) is 10.5. The molecule has 0 unspecified atom stereocenters. The van der Waals surface area contributed by atoms with Gasteiger partial charge in [-0.15, -0.1) is 0 Å². The van der Waals surface area contributed by atoms with Crippen LogP contribution in [0.2, 0.25) is 0 Å². The van der Waals surface area contributed by atoms with Crippen molar-refractivity contribution in [2.24, 2.45) is 0 Å². The molecule has 2 heterocycles. The molecule has 1 aromatic heterocycles. The predicted octanol–water partition coefficient (Wildman–Crippen LogP) is 6.61. The minimum Gasteiger partial charge on any atom is -0.497 e. The van der Waals surface area contributed by atoms with Crippen molar-refractivity contribution in [3.8, 4) is 51.6 Å². The van der Waals surface area contributed by atoms with Gasteiger partial charge in [-0.2, -0.15) is 0 Å². The monoisotopic (exact) mass is 624 g/mol. The highest BCUT2D eigenvalue weighted by Crippen LogP contribution is 2.52. The van der Waals surface area contributed by atoms with Crippen molar-refractivity contribution in [1.82, 2.24) is 0 Å². The maximum Gasteiger partial charge on any atom is 0.197 e. The molecule has 0 bridgehead atoms. The second kappa shape index (κ2) is 12.4. The van der Waals surface area contributed by atoms with Gasteiger partial charge in [0.25, 0.3) is 0 Å². The largest absolute Gasteiger partial charge is 0.497 e. The lowest BCUT2D eigenvalue weighted by Gasteiger charge is -2.35. The lowest BCUT2D eigenvalue weighted by Crippen LogP contribution is -2.31. The Morgan fingerprint density at radius 1 is 0.609 bits per heavy atom. The molecule has 0 saturated heterocycles. The molecule has 236 valence electrons. The van der Waals surface area contributed by atoms with Gasteiger partial charge < -0.3 is 37.6 Å². The van der Waals surface area contributed by atoms with Crippen LogP contribution in [0.5, 0.6) is 40.2 Å². The van der Waals surface area contributed by atoms with Crippen molar-refractivity contribution in [3.05, 3.63) is 99.7 Å². The standard InChI is InChI=1S/C36H32O10/c1-39-21-11-7-19(8-12-21)25-17-24(37)30-27(43-5)18-28(44-6)32(36(30)45-25)33-34(38)31-26(42-4)15-23(41-3)16-29(31)46-35(33)20-9-13-22(40-2)14-10-20/h7-18,33,35H,1-6H3/t33-,35+/m1/s1. The highest BCUT2D eigenvalue weighted by molar-refractivity contribution is 6.09. The summed E-state index contributed by atoms with van der Waals surface area (Å²) >= 11 is 0. The van der Waals surface area contributed by atoms with E-state index in [1.165, 1.54) is 34.5 Å². The number of carbonyl (C=O) groups excluding carboxylic acids is 1. The van der Waals surface area contributed by atoms with Crippen LogP contribution in [0, 0.1) is 0 Å². The summed E-state index contributed by atoms with van der Waals surface area (Å²) < 4.78 is 46.5. The first kappa shape index (κ1) is 30.4. The van der Waals surface area contributed by atoms with Gasteiger partial charge in [0.05, 0.1) is 54.1 Å². The second-order valence-corrected chi connectivity index (χ2v) is 10.5. The first-order valence-electron chi connectivity index (χ1n) is 14.3. The number of methoxy groups -OCH3 is 6. The average Bonchev–Trinajstić information content (AvgIpc) is 3.10. The molecule has 0 radical (unpaired) electrons. The van der Waals surface area contributed by atoms with E-state index in [0.29, 0.717) is 33.9 Å². The highest BCUT2D eigenvalue weighted by Gasteiger charge is 2.45. The van der Waals surface area contributed by atoms with Crippen LogP contribution in [-0.4, -0.2) is 48.4 Å². The molecule has 0 N–H and O–H groups in total. The van der Waals surface area contributed by atoms with Gasteiger partial charge in [-0.25, -0.2) is 0 Å². The maximum atomic E-state index is 14.8. The molecule has 1 aliphatic heterocycles. The Bertz CT molecular complexity index is 1980. The lowest BCUT2D eigenvalue weighted by atomic mass is 9.79. The van der Waals surface area contributed by atoms with E-state index in [1.807, 2.05) is 12.1 Å². The van der Waals surface area contributed by atoms with Crippen molar-refractivity contribution in [1.29, 1.82) is 0 Å². The SMILES string of the molecule is COc1ccc(-c2cc(=O)c3c(OC)cc(OC)c([C@@H]4C(=O)c5c(OC)cc(OC)cc5O[C@H]4c4ccc(OC)cc4)c3o2)cc1. The fourth-order valence-corrected chi connectivity index (χ4v) is 5.83. The van der Waals surface area contributed by atoms with E-state index in [-0.39, 0.29) is 56.5 Å². The van der Waals surface area contributed by atoms with Gasteiger partial charge in [-0.05, 0) is 42.0 Å². The Labute approximate surface area is 264 Å². The average molecular weight is 625 g/mol. The topological polar surface area (TPSA) is 112 Å². The molecule has 0 amide bonds. The molecule has 0 spiro atoms. The fraction of sp³-hybridized carbons (Fsp3) is 0.222. The molecule has 5 aromatic rings. The summed E-state index contributed by atoms with van der Waals surface area (Å²) in [6.07, 6.45) is -0.886. The van der Waals surface area contributed by atoms with Gasteiger partial charge in [0, 0.05) is 29.8 Å². The molecule has 0 aliphatic carbocycles. The molecule has 2 atom stereocenters. The summed E-state index contributed by atoms with van der Waals surface area (Å²) in [4.78, 5) is 28.6. The van der Waals surface area contributed by atoms with E-state index in [1.54, 1.807) is 68.8 Å². The Hall–Kier alpha value is -5.64. The van der Waals surface area contributed by atoms with Gasteiger partial charge in [0.1, 0.15) is 68.6 Å². The third-order valence-corrected chi connectivity index (χ3v) is 8.12. The summed E-state index contributed by atoms with van der Waals surface area (Å²) in [5, 5.41) is 0.157. The van der Waals surface area contributed by atoms with Crippen molar-refractivity contribution in [2.75, 3.05) is 42.7 Å². The molecule has 6 rings (SSSR count). The van der Waals surface area contributed by atoms with Gasteiger partial charge >= 0.3 is 0 Å². The van der Waals surface area contributed by atoms with Crippen LogP contribution in [0.15, 0.2) is 82.0 Å². The molecule has 4 aromatic carbocycles. The third kappa shape index (κ3) is 5.11. The van der Waals surface area contributed by atoms with E-state index in [9.17, 15) is 9.59 Å². The number of carbonyl (C=O) groups is 1. The molecular formula is C36H32O10. The number of hydrogen-bond acceptors (Lipinski definition) is 10. The number of ketones is 1. The number of rotatable bonds is 9. The smallest absolute Gasteiger partial charge is 0.197 e. The van der Waals surface area contributed by atoms with Crippen molar-refractivity contribution in [2.45, 2.75) is 12.0 Å². The van der Waals surface area contributed by atoms with E-state index in [0.717, 1.165) is 0 Å². The van der Waals surface area contributed by atoms with E-state index in [2.05, 4.69) is 0 Å². The Kier molecular flexibility index (Phi) is 8.19. The molecule has 1 aliphatic rings. The molecular weight excluding hydrogens is 592 g/mol. The number of fused-ring (bicyclic) bond motifs is 2. The van der Waals surface area contributed by atoms with Crippen LogP contribution in [0.4, 0.5) is 0 Å². The summed E-state index contributed by atoms with van der Waals surface area (Å²) in [5.74, 6) is 1.70. The fourth-order valence-electron chi connectivity index (χ4n) is 5.83. The number of hydrogen-bond donors (Lipinski definition) is 0. The van der Waals surface area contributed by atoms with E-state index >= 15 is 0 Å².